The molecule has 5 heteroatoms. The fourth-order valence-electron chi connectivity index (χ4n) is 5.61. The monoisotopic (exact) mass is 433 g/mol. The number of ketones is 1. The van der Waals surface area contributed by atoms with Gasteiger partial charge in [-0.2, -0.15) is 0 Å². The highest BCUT2D eigenvalue weighted by Crippen LogP contribution is 2.53. The smallest absolute Gasteiger partial charge is 0.310 e. The molecule has 0 radical (unpaired) electrons. The van der Waals surface area contributed by atoms with Gasteiger partial charge in [-0.05, 0) is 55.1 Å². The van der Waals surface area contributed by atoms with E-state index in [4.69, 9.17) is 4.74 Å². The van der Waals surface area contributed by atoms with Gasteiger partial charge in [-0.15, -0.1) is 0 Å². The number of carbonyl (C=O) groups excluding carboxylic acids is 3. The quantitative estimate of drug-likeness (QED) is 0.478. The van der Waals surface area contributed by atoms with Gasteiger partial charge in [-0.3, -0.25) is 14.4 Å². The molecule has 2 saturated carbocycles. The number of rotatable bonds is 8. The Morgan fingerprint density at radius 3 is 2.12 bits per heavy atom. The van der Waals surface area contributed by atoms with Crippen molar-refractivity contribution in [3.05, 3.63) is 65.2 Å². The van der Waals surface area contributed by atoms with Crippen molar-refractivity contribution in [2.24, 2.45) is 23.7 Å². The number of hydrogen-bond donors (Lipinski definition) is 1. The molecular formula is C27H31NO4. The van der Waals surface area contributed by atoms with Crippen molar-refractivity contribution in [2.75, 3.05) is 11.9 Å². The summed E-state index contributed by atoms with van der Waals surface area (Å²) in [6.07, 6.45) is 4.42. The number of fused-ring (bicyclic) bond motifs is 2. The number of amides is 1. The summed E-state index contributed by atoms with van der Waals surface area (Å²) in [6, 6.07) is 15.2. The van der Waals surface area contributed by atoms with Crippen LogP contribution in [-0.2, 0) is 27.2 Å². The topological polar surface area (TPSA) is 72.5 Å². The molecule has 1 amide bonds. The van der Waals surface area contributed by atoms with Crippen molar-refractivity contribution in [1.82, 2.24) is 0 Å². The molecule has 2 aliphatic carbocycles. The van der Waals surface area contributed by atoms with Crippen molar-refractivity contribution in [3.63, 3.8) is 0 Å². The molecule has 168 valence electrons. The molecule has 0 saturated heterocycles. The van der Waals surface area contributed by atoms with Crippen molar-refractivity contribution in [2.45, 2.75) is 46.0 Å². The first-order valence-electron chi connectivity index (χ1n) is 11.7. The van der Waals surface area contributed by atoms with E-state index < -0.39 is 11.9 Å². The maximum atomic E-state index is 13.2. The summed E-state index contributed by atoms with van der Waals surface area (Å²) in [5, 5.41) is 2.94. The Balaban J connectivity index is 1.42. The molecule has 0 aliphatic heterocycles. The number of Topliss-reactive ketones (excluding diaryl/α,β-unsaturated/α-hetero) is 1. The second-order valence-corrected chi connectivity index (χ2v) is 8.93. The van der Waals surface area contributed by atoms with Crippen molar-refractivity contribution < 1.29 is 19.1 Å². The third-order valence-corrected chi connectivity index (χ3v) is 7.16. The molecule has 2 bridgehead atoms. The van der Waals surface area contributed by atoms with Gasteiger partial charge in [0.05, 0.1) is 5.92 Å². The van der Waals surface area contributed by atoms with Crippen LogP contribution in [0.25, 0.3) is 0 Å². The highest BCUT2D eigenvalue weighted by molar-refractivity contribution is 6.01. The summed E-state index contributed by atoms with van der Waals surface area (Å²) in [5.74, 6) is -1.15. The van der Waals surface area contributed by atoms with Crippen LogP contribution in [0.15, 0.2) is 48.5 Å². The van der Waals surface area contributed by atoms with Crippen LogP contribution < -0.4 is 5.32 Å². The second kappa shape index (κ2) is 9.68. The first-order valence-corrected chi connectivity index (χ1v) is 11.7. The lowest BCUT2D eigenvalue weighted by Crippen LogP contribution is -2.37. The Morgan fingerprint density at radius 2 is 1.50 bits per heavy atom. The molecule has 2 aromatic carbocycles. The van der Waals surface area contributed by atoms with Crippen LogP contribution in [0.3, 0.4) is 0 Å². The van der Waals surface area contributed by atoms with Crippen LogP contribution in [0, 0.1) is 23.7 Å². The maximum absolute atomic E-state index is 13.2. The van der Waals surface area contributed by atoms with Gasteiger partial charge in [0.15, 0.2) is 12.4 Å². The minimum Gasteiger partial charge on any atom is -0.455 e. The van der Waals surface area contributed by atoms with E-state index in [1.54, 1.807) is 12.1 Å². The van der Waals surface area contributed by atoms with Gasteiger partial charge in [0.2, 0.25) is 0 Å². The molecular weight excluding hydrogens is 402 g/mol. The van der Waals surface area contributed by atoms with Crippen LogP contribution in [0.5, 0.6) is 0 Å². The van der Waals surface area contributed by atoms with E-state index in [0.717, 1.165) is 48.9 Å². The molecule has 0 spiro atoms. The SMILES string of the molecule is CCc1cccc(CC)c1NC(=O)COC(=O)[C@@H]1[C@H]2CC[C@@H](C2)[C@H]1C(=O)c1ccccc1. The normalized spacial score (nSPS) is 23.7. The zero-order chi connectivity index (χ0) is 22.7. The number of nitrogens with one attached hydrogen (secondary N) is 1. The molecule has 0 heterocycles. The van der Waals surface area contributed by atoms with Gasteiger partial charge in [0.25, 0.3) is 5.91 Å². The van der Waals surface area contributed by atoms with E-state index in [0.29, 0.717) is 5.56 Å². The van der Waals surface area contributed by atoms with E-state index in [-0.39, 0.29) is 36.1 Å². The first kappa shape index (κ1) is 22.3. The van der Waals surface area contributed by atoms with Crippen molar-refractivity contribution >= 4 is 23.3 Å². The fourth-order valence-corrected chi connectivity index (χ4v) is 5.61. The van der Waals surface area contributed by atoms with Crippen molar-refractivity contribution in [3.8, 4) is 0 Å². The number of ether oxygens (including phenoxy) is 1. The van der Waals surface area contributed by atoms with Gasteiger partial charge < -0.3 is 10.1 Å². The number of hydrogen-bond acceptors (Lipinski definition) is 4. The number of carbonyl (C=O) groups is 3. The van der Waals surface area contributed by atoms with E-state index in [1.165, 1.54) is 0 Å². The van der Waals surface area contributed by atoms with Gasteiger partial charge in [0.1, 0.15) is 0 Å². The van der Waals surface area contributed by atoms with Gasteiger partial charge in [0, 0.05) is 17.2 Å². The minimum atomic E-state index is -0.455. The predicted molar refractivity (Wildman–Crippen MR) is 123 cm³/mol. The molecule has 32 heavy (non-hydrogen) atoms. The van der Waals surface area contributed by atoms with Crippen LogP contribution in [0.2, 0.25) is 0 Å². The summed E-state index contributed by atoms with van der Waals surface area (Å²) in [4.78, 5) is 38.8. The third-order valence-electron chi connectivity index (χ3n) is 7.16. The summed E-state index contributed by atoms with van der Waals surface area (Å²) in [7, 11) is 0. The van der Waals surface area contributed by atoms with E-state index >= 15 is 0 Å². The minimum absolute atomic E-state index is 0.0219. The van der Waals surface area contributed by atoms with Crippen LogP contribution >= 0.6 is 0 Å². The van der Waals surface area contributed by atoms with Gasteiger partial charge >= 0.3 is 5.97 Å². The molecule has 2 fully saturated rings. The Hall–Kier alpha value is -2.95. The van der Waals surface area contributed by atoms with Crippen LogP contribution in [-0.4, -0.2) is 24.3 Å². The molecule has 2 aliphatic rings. The Morgan fingerprint density at radius 1 is 0.875 bits per heavy atom. The van der Waals surface area contributed by atoms with E-state index in [9.17, 15) is 14.4 Å². The average Bonchev–Trinajstić information content (AvgIpc) is 3.44. The van der Waals surface area contributed by atoms with Crippen molar-refractivity contribution in [1.29, 1.82) is 0 Å². The van der Waals surface area contributed by atoms with E-state index in [1.807, 2.05) is 50.2 Å². The van der Waals surface area contributed by atoms with Crippen LogP contribution in [0.4, 0.5) is 5.69 Å². The van der Waals surface area contributed by atoms with E-state index in [2.05, 4.69) is 5.32 Å². The maximum Gasteiger partial charge on any atom is 0.310 e. The lowest BCUT2D eigenvalue weighted by atomic mass is 9.75. The number of para-hydroxylation sites is 1. The summed E-state index contributed by atoms with van der Waals surface area (Å²) in [5.41, 5.74) is 3.58. The molecule has 0 aromatic heterocycles. The Kier molecular flexibility index (Phi) is 6.73. The van der Waals surface area contributed by atoms with Crippen LogP contribution in [0.1, 0.15) is 54.6 Å². The number of benzene rings is 2. The summed E-state index contributed by atoms with van der Waals surface area (Å²) < 4.78 is 5.47. The second-order valence-electron chi connectivity index (χ2n) is 8.93. The molecule has 2 aromatic rings. The van der Waals surface area contributed by atoms with Gasteiger partial charge in [-0.25, -0.2) is 0 Å². The largest absolute Gasteiger partial charge is 0.455 e. The highest BCUT2D eigenvalue weighted by atomic mass is 16.5. The van der Waals surface area contributed by atoms with Gasteiger partial charge in [-0.1, -0.05) is 62.4 Å². The lowest BCUT2D eigenvalue weighted by molar-refractivity contribution is -0.154. The Bertz CT molecular complexity index is 978. The molecule has 5 nitrogen and oxygen atoms in total. The molecule has 0 unspecified atom stereocenters. The molecule has 4 rings (SSSR count). The number of aryl methyl sites for hydroxylation is 2. The standard InChI is InChI=1S/C27H31NO4/c1-3-17-11-8-12-18(4-2)25(17)28-22(29)16-32-27(31)24-21-14-13-20(15-21)23(24)26(30)19-9-6-5-7-10-19/h5-12,20-21,23-24H,3-4,13-16H2,1-2H3,(H,28,29)/t20-,21-,23+,24+/m0/s1. The third kappa shape index (κ3) is 4.34. The highest BCUT2D eigenvalue weighted by Gasteiger charge is 2.54. The molecule has 1 N–H and O–H groups in total. The predicted octanol–water partition coefficient (Wildman–Crippen LogP) is 4.84. The number of esters is 1. The molecule has 4 atom stereocenters. The number of anilines is 1. The fraction of sp³-hybridized carbons (Fsp3) is 0.444. The zero-order valence-corrected chi connectivity index (χ0v) is 18.8. The average molecular weight is 434 g/mol. The Labute approximate surface area is 189 Å². The first-order chi connectivity index (χ1) is 15.5. The lowest BCUT2D eigenvalue weighted by Gasteiger charge is -2.28. The summed E-state index contributed by atoms with van der Waals surface area (Å²) >= 11 is 0. The summed E-state index contributed by atoms with van der Waals surface area (Å²) in [6.45, 7) is 3.76. The zero-order valence-electron chi connectivity index (χ0n) is 18.8.